The topological polar surface area (TPSA) is 32.3 Å². The van der Waals surface area contributed by atoms with E-state index in [1.807, 2.05) is 23.2 Å². The van der Waals surface area contributed by atoms with E-state index in [1.165, 1.54) is 15.0 Å². The number of carbonyl (C=O) groups is 1. The Kier molecular flexibility index (Phi) is 4.27. The highest BCUT2D eigenvalue weighted by atomic mass is 32.1. The van der Waals surface area contributed by atoms with Gasteiger partial charge in [0.2, 0.25) is 5.91 Å². The van der Waals surface area contributed by atoms with Gasteiger partial charge in [0.15, 0.2) is 0 Å². The number of fused-ring (bicyclic) bond motifs is 1. The first kappa shape index (κ1) is 14.5. The molecule has 1 aromatic carbocycles. The number of hydrogen-bond acceptors (Lipinski definition) is 3. The minimum absolute atomic E-state index is 0.272. The number of benzene rings is 1. The number of thiophene rings is 1. The first-order valence-electron chi connectivity index (χ1n) is 7.69. The van der Waals surface area contributed by atoms with Gasteiger partial charge in [-0.05, 0) is 30.9 Å². The normalized spacial score (nSPS) is 20.1. The molecule has 1 aliphatic heterocycles. The Morgan fingerprint density at radius 3 is 3.05 bits per heavy atom. The van der Waals surface area contributed by atoms with Crippen molar-refractivity contribution in [3.05, 3.63) is 35.2 Å². The molecule has 21 heavy (non-hydrogen) atoms. The standard InChI is InChI=1S/C17H22N2OS/c1-3-17(20)19-9-8-14(11-19)18-12(2)16-10-13-6-4-5-7-15(13)21-16/h4-7,10,12,14,18H,3,8-9,11H2,1-2H3/t12-,14-/m1/s1. The summed E-state index contributed by atoms with van der Waals surface area (Å²) in [6, 6.07) is 11.5. The summed E-state index contributed by atoms with van der Waals surface area (Å²) in [7, 11) is 0. The molecule has 2 aromatic rings. The van der Waals surface area contributed by atoms with Gasteiger partial charge in [0.05, 0.1) is 0 Å². The zero-order valence-electron chi connectivity index (χ0n) is 12.6. The molecular formula is C17H22N2OS. The molecule has 1 amide bonds. The molecule has 0 radical (unpaired) electrons. The van der Waals surface area contributed by atoms with Crippen LogP contribution in [0.25, 0.3) is 10.1 Å². The third kappa shape index (κ3) is 3.11. The van der Waals surface area contributed by atoms with Crippen molar-refractivity contribution in [2.45, 2.75) is 38.8 Å². The second-order valence-electron chi connectivity index (χ2n) is 5.75. The van der Waals surface area contributed by atoms with E-state index >= 15 is 0 Å². The van der Waals surface area contributed by atoms with E-state index in [4.69, 9.17) is 0 Å². The highest BCUT2D eigenvalue weighted by molar-refractivity contribution is 7.19. The maximum Gasteiger partial charge on any atom is 0.222 e. The molecule has 0 unspecified atom stereocenters. The largest absolute Gasteiger partial charge is 0.341 e. The van der Waals surface area contributed by atoms with Gasteiger partial charge < -0.3 is 10.2 Å². The highest BCUT2D eigenvalue weighted by Gasteiger charge is 2.26. The summed E-state index contributed by atoms with van der Waals surface area (Å²) in [5.74, 6) is 0.272. The third-order valence-electron chi connectivity index (χ3n) is 4.20. The fourth-order valence-corrected chi connectivity index (χ4v) is 4.07. The first-order valence-corrected chi connectivity index (χ1v) is 8.51. The predicted octanol–water partition coefficient (Wildman–Crippen LogP) is 3.56. The molecule has 1 aliphatic rings. The number of hydrogen-bond donors (Lipinski definition) is 1. The summed E-state index contributed by atoms with van der Waals surface area (Å²) in [4.78, 5) is 15.1. The van der Waals surface area contributed by atoms with Crippen molar-refractivity contribution in [3.8, 4) is 0 Å². The lowest BCUT2D eigenvalue weighted by atomic mass is 10.2. The molecule has 0 spiro atoms. The Balaban J connectivity index is 1.64. The lowest BCUT2D eigenvalue weighted by Crippen LogP contribution is -2.35. The molecule has 2 heterocycles. The van der Waals surface area contributed by atoms with Crippen molar-refractivity contribution in [2.24, 2.45) is 0 Å². The van der Waals surface area contributed by atoms with Crippen LogP contribution in [0.4, 0.5) is 0 Å². The zero-order valence-corrected chi connectivity index (χ0v) is 13.5. The van der Waals surface area contributed by atoms with Gasteiger partial charge in [0, 0.05) is 41.2 Å². The van der Waals surface area contributed by atoms with E-state index in [9.17, 15) is 4.79 Å². The van der Waals surface area contributed by atoms with Crippen LogP contribution in [0.3, 0.4) is 0 Å². The molecule has 3 rings (SSSR count). The van der Waals surface area contributed by atoms with Gasteiger partial charge in [0.1, 0.15) is 0 Å². The van der Waals surface area contributed by atoms with Crippen LogP contribution >= 0.6 is 11.3 Å². The summed E-state index contributed by atoms with van der Waals surface area (Å²) in [5, 5.41) is 5.00. The lowest BCUT2D eigenvalue weighted by molar-refractivity contribution is -0.129. The molecule has 0 bridgehead atoms. The summed E-state index contributed by atoms with van der Waals surface area (Å²) in [6.45, 7) is 5.89. The molecule has 1 N–H and O–H groups in total. The van der Waals surface area contributed by atoms with Crippen LogP contribution in [0.5, 0.6) is 0 Å². The van der Waals surface area contributed by atoms with Crippen LogP contribution in [-0.2, 0) is 4.79 Å². The quantitative estimate of drug-likeness (QED) is 0.936. The van der Waals surface area contributed by atoms with Crippen LogP contribution in [0, 0.1) is 0 Å². The molecule has 4 heteroatoms. The van der Waals surface area contributed by atoms with Crippen molar-refractivity contribution < 1.29 is 4.79 Å². The Bertz CT molecular complexity index is 604. The van der Waals surface area contributed by atoms with E-state index < -0.39 is 0 Å². The van der Waals surface area contributed by atoms with E-state index in [1.54, 1.807) is 0 Å². The number of nitrogens with zero attached hydrogens (tertiary/aromatic N) is 1. The maximum absolute atomic E-state index is 11.7. The minimum atomic E-state index is 0.272. The fraction of sp³-hybridized carbons (Fsp3) is 0.471. The van der Waals surface area contributed by atoms with E-state index in [-0.39, 0.29) is 5.91 Å². The van der Waals surface area contributed by atoms with Gasteiger partial charge in [-0.25, -0.2) is 0 Å². The predicted molar refractivity (Wildman–Crippen MR) is 88.7 cm³/mol. The van der Waals surface area contributed by atoms with Crippen molar-refractivity contribution in [2.75, 3.05) is 13.1 Å². The van der Waals surface area contributed by atoms with Crippen LogP contribution in [0.2, 0.25) is 0 Å². The van der Waals surface area contributed by atoms with Crippen molar-refractivity contribution >= 4 is 27.3 Å². The average Bonchev–Trinajstić information content (AvgIpc) is 3.12. The summed E-state index contributed by atoms with van der Waals surface area (Å²) >= 11 is 1.86. The van der Waals surface area contributed by atoms with Crippen LogP contribution in [0.1, 0.15) is 37.6 Å². The average molecular weight is 302 g/mol. The summed E-state index contributed by atoms with van der Waals surface area (Å²) < 4.78 is 1.34. The Morgan fingerprint density at radius 1 is 1.48 bits per heavy atom. The van der Waals surface area contributed by atoms with Gasteiger partial charge in [-0.15, -0.1) is 11.3 Å². The molecule has 1 saturated heterocycles. The number of rotatable bonds is 4. The van der Waals surface area contributed by atoms with E-state index in [0.29, 0.717) is 18.5 Å². The molecule has 0 saturated carbocycles. The lowest BCUT2D eigenvalue weighted by Gasteiger charge is -2.19. The van der Waals surface area contributed by atoms with Crippen molar-refractivity contribution in [1.29, 1.82) is 0 Å². The van der Waals surface area contributed by atoms with Crippen LogP contribution < -0.4 is 5.32 Å². The van der Waals surface area contributed by atoms with Crippen molar-refractivity contribution in [3.63, 3.8) is 0 Å². The Labute approximate surface area is 130 Å². The third-order valence-corrected chi connectivity index (χ3v) is 5.50. The van der Waals surface area contributed by atoms with E-state index in [0.717, 1.165) is 19.5 Å². The monoisotopic (exact) mass is 302 g/mol. The number of amides is 1. The van der Waals surface area contributed by atoms with Gasteiger partial charge >= 0.3 is 0 Å². The van der Waals surface area contributed by atoms with Gasteiger partial charge in [0.25, 0.3) is 0 Å². The molecule has 1 aromatic heterocycles. The number of carbonyl (C=O) groups excluding carboxylic acids is 1. The zero-order chi connectivity index (χ0) is 14.8. The van der Waals surface area contributed by atoms with Gasteiger partial charge in [-0.3, -0.25) is 4.79 Å². The SMILES string of the molecule is CCC(=O)N1CC[C@@H](N[C@H](C)c2cc3ccccc3s2)C1. The van der Waals surface area contributed by atoms with Crippen LogP contribution in [0.15, 0.2) is 30.3 Å². The smallest absolute Gasteiger partial charge is 0.222 e. The fourth-order valence-electron chi connectivity index (χ4n) is 3.00. The number of nitrogens with one attached hydrogen (secondary N) is 1. The number of likely N-dealkylation sites (tertiary alicyclic amines) is 1. The summed E-state index contributed by atoms with van der Waals surface area (Å²) in [6.07, 6.45) is 1.67. The first-order chi connectivity index (χ1) is 10.2. The molecule has 2 atom stereocenters. The molecule has 112 valence electrons. The Hall–Kier alpha value is -1.39. The van der Waals surface area contributed by atoms with Gasteiger partial charge in [-0.2, -0.15) is 0 Å². The molecule has 3 nitrogen and oxygen atoms in total. The molecular weight excluding hydrogens is 280 g/mol. The van der Waals surface area contributed by atoms with E-state index in [2.05, 4.69) is 42.6 Å². The second kappa shape index (κ2) is 6.16. The van der Waals surface area contributed by atoms with Crippen molar-refractivity contribution in [1.82, 2.24) is 10.2 Å². The minimum Gasteiger partial charge on any atom is -0.341 e. The highest BCUT2D eigenvalue weighted by Crippen LogP contribution is 2.30. The van der Waals surface area contributed by atoms with Gasteiger partial charge in [-0.1, -0.05) is 25.1 Å². The molecule has 1 fully saturated rings. The second-order valence-corrected chi connectivity index (χ2v) is 6.87. The Morgan fingerprint density at radius 2 is 2.29 bits per heavy atom. The maximum atomic E-state index is 11.7. The van der Waals surface area contributed by atoms with Crippen LogP contribution in [-0.4, -0.2) is 29.9 Å². The summed E-state index contributed by atoms with van der Waals surface area (Å²) in [5.41, 5.74) is 0. The molecule has 0 aliphatic carbocycles.